The van der Waals surface area contributed by atoms with E-state index in [0.717, 1.165) is 57.8 Å². The van der Waals surface area contributed by atoms with Crippen molar-refractivity contribution in [2.45, 2.75) is 211 Å². The number of ether oxygens (including phenoxy) is 4. The van der Waals surface area contributed by atoms with Gasteiger partial charge in [-0.1, -0.05) is 159 Å². The zero-order valence-electron chi connectivity index (χ0n) is 36.3. The van der Waals surface area contributed by atoms with E-state index in [2.05, 4.69) is 62.5 Å². The zero-order chi connectivity index (χ0) is 43.4. The van der Waals surface area contributed by atoms with E-state index in [-0.39, 0.29) is 19.4 Å². The van der Waals surface area contributed by atoms with Gasteiger partial charge in [0.15, 0.2) is 12.4 Å². The second-order valence-corrected chi connectivity index (χ2v) is 17.2. The smallest absolute Gasteiger partial charge is 0.306 e. The quantitative estimate of drug-likeness (QED) is 0.0201. The summed E-state index contributed by atoms with van der Waals surface area (Å²) in [6.45, 7) is 3.61. The van der Waals surface area contributed by atoms with Crippen molar-refractivity contribution >= 4 is 22.1 Å². The van der Waals surface area contributed by atoms with Gasteiger partial charge in [0.25, 0.3) is 10.1 Å². The molecule has 6 unspecified atom stereocenters. The lowest BCUT2D eigenvalue weighted by Crippen LogP contribution is -2.60. The molecule has 12 nitrogen and oxygen atoms in total. The first kappa shape index (κ1) is 54.6. The van der Waals surface area contributed by atoms with E-state index in [0.29, 0.717) is 12.8 Å². The number of hydrogen-bond donors (Lipinski definition) is 4. The molecule has 0 saturated carbocycles. The molecule has 342 valence electrons. The molecule has 1 saturated heterocycles. The van der Waals surface area contributed by atoms with Gasteiger partial charge in [0.05, 0.1) is 6.61 Å². The minimum absolute atomic E-state index is 0.112. The van der Waals surface area contributed by atoms with Crippen LogP contribution in [0.3, 0.4) is 0 Å². The summed E-state index contributed by atoms with van der Waals surface area (Å²) in [5.41, 5.74) is 0. The molecule has 1 aliphatic rings. The second-order valence-electron chi connectivity index (χ2n) is 15.7. The van der Waals surface area contributed by atoms with Gasteiger partial charge in [-0.2, -0.15) is 8.42 Å². The second kappa shape index (κ2) is 36.3. The molecule has 13 heteroatoms. The highest BCUT2D eigenvalue weighted by atomic mass is 32.2. The first-order valence-electron chi connectivity index (χ1n) is 22.7. The number of allylic oxidation sites excluding steroid dienone is 8. The molecule has 1 heterocycles. The Morgan fingerprint density at radius 2 is 1.07 bits per heavy atom. The highest BCUT2D eigenvalue weighted by Gasteiger charge is 2.46. The Morgan fingerprint density at radius 3 is 1.59 bits per heavy atom. The van der Waals surface area contributed by atoms with Crippen molar-refractivity contribution in [1.82, 2.24) is 0 Å². The molecule has 0 bridgehead atoms. The van der Waals surface area contributed by atoms with Crippen LogP contribution in [-0.2, 0) is 38.7 Å². The summed E-state index contributed by atoms with van der Waals surface area (Å²) in [6, 6.07) is 0. The fraction of sp³-hybridized carbons (Fsp3) is 0.783. The van der Waals surface area contributed by atoms with Crippen molar-refractivity contribution in [2.24, 2.45) is 0 Å². The monoisotopic (exact) mass is 857 g/mol. The number of rotatable bonds is 37. The minimum atomic E-state index is -4.61. The van der Waals surface area contributed by atoms with Gasteiger partial charge in [-0.05, 0) is 51.4 Å². The topological polar surface area (TPSA) is 186 Å². The number of aliphatic hydroxyl groups is 3. The van der Waals surface area contributed by atoms with Crippen LogP contribution in [0.1, 0.15) is 174 Å². The van der Waals surface area contributed by atoms with Crippen LogP contribution in [0.5, 0.6) is 0 Å². The Kier molecular flexibility index (Phi) is 33.6. The molecule has 1 rings (SSSR count). The Hall–Kier alpha value is -2.39. The fourth-order valence-electron chi connectivity index (χ4n) is 6.67. The van der Waals surface area contributed by atoms with Crippen molar-refractivity contribution in [1.29, 1.82) is 0 Å². The maximum absolute atomic E-state index is 12.8. The van der Waals surface area contributed by atoms with Gasteiger partial charge >= 0.3 is 11.9 Å². The van der Waals surface area contributed by atoms with Crippen LogP contribution in [-0.4, -0.2) is 96.0 Å². The maximum Gasteiger partial charge on any atom is 0.306 e. The normalized spacial score (nSPS) is 20.7. The summed E-state index contributed by atoms with van der Waals surface area (Å²) in [4.78, 5) is 25.4. The lowest BCUT2D eigenvalue weighted by Gasteiger charge is -2.40. The average molecular weight is 857 g/mol. The number of carbonyl (C=O) groups is 2. The first-order valence-corrected chi connectivity index (χ1v) is 24.3. The molecule has 0 amide bonds. The summed E-state index contributed by atoms with van der Waals surface area (Å²) in [7, 11) is -4.61. The van der Waals surface area contributed by atoms with Crippen molar-refractivity contribution < 1.29 is 56.8 Å². The SMILES string of the molecule is CC/C=C\C/C=C\C/C=C\C/C=C\CCCCC(=O)OC(COC(=O)CCCCCCCCCCCCCCCCCC)COC1OC(CS(=O)(=O)O)C(O)C(O)C1O. The molecule has 0 aliphatic carbocycles. The number of aliphatic hydroxyl groups excluding tert-OH is 3. The Bertz CT molecular complexity index is 1280. The van der Waals surface area contributed by atoms with E-state index in [1.807, 2.05) is 0 Å². The number of carbonyl (C=O) groups excluding carboxylic acids is 2. The van der Waals surface area contributed by atoms with Crippen molar-refractivity contribution in [2.75, 3.05) is 19.0 Å². The van der Waals surface area contributed by atoms with Crippen LogP contribution >= 0.6 is 0 Å². The number of hydrogen-bond acceptors (Lipinski definition) is 11. The fourth-order valence-corrected chi connectivity index (χ4v) is 7.36. The van der Waals surface area contributed by atoms with Gasteiger partial charge in [-0.3, -0.25) is 14.1 Å². The van der Waals surface area contributed by atoms with Gasteiger partial charge in [0, 0.05) is 12.8 Å². The lowest BCUT2D eigenvalue weighted by atomic mass is 10.00. The van der Waals surface area contributed by atoms with E-state index in [1.165, 1.54) is 77.0 Å². The summed E-state index contributed by atoms with van der Waals surface area (Å²) in [5.74, 6) is -2.04. The molecule has 1 aliphatic heterocycles. The number of unbranched alkanes of at least 4 members (excludes halogenated alkanes) is 17. The first-order chi connectivity index (χ1) is 28.5. The summed E-state index contributed by atoms with van der Waals surface area (Å²) >= 11 is 0. The largest absolute Gasteiger partial charge is 0.462 e. The third-order valence-electron chi connectivity index (χ3n) is 10.2. The van der Waals surface area contributed by atoms with Crippen LogP contribution in [0.25, 0.3) is 0 Å². The summed E-state index contributed by atoms with van der Waals surface area (Å²) in [6.07, 6.45) is 33.0. The van der Waals surface area contributed by atoms with Crippen LogP contribution in [0, 0.1) is 0 Å². The third kappa shape index (κ3) is 31.2. The molecule has 0 aromatic heterocycles. The van der Waals surface area contributed by atoms with Gasteiger partial charge in [0.2, 0.25) is 0 Å². The molecular weight excluding hydrogens is 777 g/mol. The lowest BCUT2D eigenvalue weighted by molar-refractivity contribution is -0.297. The van der Waals surface area contributed by atoms with Crippen molar-refractivity contribution in [3.05, 3.63) is 48.6 Å². The molecule has 59 heavy (non-hydrogen) atoms. The maximum atomic E-state index is 12.8. The van der Waals surface area contributed by atoms with E-state index >= 15 is 0 Å². The van der Waals surface area contributed by atoms with Crippen LogP contribution in [0.2, 0.25) is 0 Å². The van der Waals surface area contributed by atoms with Crippen molar-refractivity contribution in [3.8, 4) is 0 Å². The Labute approximate surface area is 356 Å². The van der Waals surface area contributed by atoms with E-state index in [9.17, 15) is 37.9 Å². The predicted octanol–water partition coefficient (Wildman–Crippen LogP) is 9.17. The molecule has 6 atom stereocenters. The highest BCUT2D eigenvalue weighted by molar-refractivity contribution is 7.85. The Morgan fingerprint density at radius 1 is 0.593 bits per heavy atom. The number of esters is 2. The molecule has 0 aromatic rings. The standard InChI is InChI=1S/C46H80O12S/c1-3-5-7-9-11-13-15-17-19-21-22-24-26-28-30-32-34-41(47)55-36-39(37-56-46-45(51)44(50)43(49)40(58-46)38-59(52,53)54)57-42(48)35-33-31-29-27-25-23-20-18-16-14-12-10-8-6-4-2/h6,8,12,14,18,20,25,27,39-40,43-46,49-51H,3-5,7,9-11,13,15-17,19,21-24,26,28-38H2,1-2H3,(H,52,53,54)/b8-6-,14-12-,20-18-,27-25-. The van der Waals surface area contributed by atoms with Crippen LogP contribution < -0.4 is 0 Å². The van der Waals surface area contributed by atoms with Gasteiger partial charge in [0.1, 0.15) is 36.8 Å². The molecular formula is C46H80O12S. The van der Waals surface area contributed by atoms with Crippen LogP contribution in [0.15, 0.2) is 48.6 Å². The van der Waals surface area contributed by atoms with Gasteiger partial charge in [-0.25, -0.2) is 0 Å². The highest BCUT2D eigenvalue weighted by Crippen LogP contribution is 2.24. The van der Waals surface area contributed by atoms with E-state index in [1.54, 1.807) is 0 Å². The molecule has 0 spiro atoms. The predicted molar refractivity (Wildman–Crippen MR) is 233 cm³/mol. The summed E-state index contributed by atoms with van der Waals surface area (Å²) in [5, 5.41) is 30.9. The van der Waals surface area contributed by atoms with Crippen LogP contribution in [0.4, 0.5) is 0 Å². The minimum Gasteiger partial charge on any atom is -0.462 e. The third-order valence-corrected chi connectivity index (χ3v) is 10.9. The average Bonchev–Trinajstić information content (AvgIpc) is 3.20. The Balaban J connectivity index is 2.47. The molecule has 0 radical (unpaired) electrons. The summed E-state index contributed by atoms with van der Waals surface area (Å²) < 4.78 is 54.0. The van der Waals surface area contributed by atoms with E-state index < -0.39 is 71.2 Å². The van der Waals surface area contributed by atoms with E-state index in [4.69, 9.17) is 18.9 Å². The molecule has 0 aromatic carbocycles. The van der Waals surface area contributed by atoms with Crippen molar-refractivity contribution in [3.63, 3.8) is 0 Å². The van der Waals surface area contributed by atoms with Gasteiger partial charge in [-0.15, -0.1) is 0 Å². The zero-order valence-corrected chi connectivity index (χ0v) is 37.2. The molecule has 4 N–H and O–H groups in total. The van der Waals surface area contributed by atoms with Gasteiger partial charge < -0.3 is 34.3 Å². The molecule has 1 fully saturated rings.